The van der Waals surface area contributed by atoms with E-state index < -0.39 is 0 Å². The van der Waals surface area contributed by atoms with Crippen molar-refractivity contribution >= 4 is 23.2 Å². The first-order valence-electron chi connectivity index (χ1n) is 9.00. The number of hydrogen-bond acceptors (Lipinski definition) is 2. The van der Waals surface area contributed by atoms with E-state index in [0.717, 1.165) is 34.5 Å². The Balaban J connectivity index is 1.49. The second kappa shape index (κ2) is 7.08. The highest BCUT2D eigenvalue weighted by Crippen LogP contribution is 2.30. The third kappa shape index (κ3) is 3.47. The van der Waals surface area contributed by atoms with Crippen LogP contribution in [0.4, 0.5) is 11.4 Å². The number of rotatable bonds is 3. The van der Waals surface area contributed by atoms with E-state index in [1.165, 1.54) is 0 Å². The zero-order valence-electron chi connectivity index (χ0n) is 15.1. The summed E-state index contributed by atoms with van der Waals surface area (Å²) in [5, 5.41) is 2.95. The van der Waals surface area contributed by atoms with Crippen molar-refractivity contribution in [3.8, 4) is 11.1 Å². The van der Waals surface area contributed by atoms with Crippen LogP contribution in [0.1, 0.15) is 22.8 Å². The Morgan fingerprint density at radius 1 is 0.889 bits per heavy atom. The van der Waals surface area contributed by atoms with Crippen LogP contribution in [0.5, 0.6) is 0 Å². The van der Waals surface area contributed by atoms with E-state index in [4.69, 9.17) is 0 Å². The van der Waals surface area contributed by atoms with E-state index >= 15 is 0 Å². The molecule has 0 saturated heterocycles. The van der Waals surface area contributed by atoms with Crippen LogP contribution in [0.3, 0.4) is 0 Å². The van der Waals surface area contributed by atoms with Gasteiger partial charge in [-0.05, 0) is 53.4 Å². The molecule has 0 atom stereocenters. The quantitative estimate of drug-likeness (QED) is 0.750. The fourth-order valence-electron chi connectivity index (χ4n) is 3.45. The molecule has 2 amide bonds. The summed E-state index contributed by atoms with van der Waals surface area (Å²) in [6, 6.07) is 23.3. The lowest BCUT2D eigenvalue weighted by Gasteiger charge is -2.15. The van der Waals surface area contributed by atoms with Gasteiger partial charge in [0.05, 0.1) is 0 Å². The molecule has 4 heteroatoms. The van der Waals surface area contributed by atoms with Crippen molar-refractivity contribution < 1.29 is 9.59 Å². The SMILES string of the molecule is CC(=O)N1CCc2cc(NC(=O)c3ccc(-c4ccccc4)cc3)ccc21. The number of hydrogen-bond donors (Lipinski definition) is 1. The summed E-state index contributed by atoms with van der Waals surface area (Å²) < 4.78 is 0. The lowest BCUT2D eigenvalue weighted by Crippen LogP contribution is -2.25. The number of carbonyl (C=O) groups is 2. The number of fused-ring (bicyclic) bond motifs is 1. The van der Waals surface area contributed by atoms with E-state index in [9.17, 15) is 9.59 Å². The largest absolute Gasteiger partial charge is 0.322 e. The van der Waals surface area contributed by atoms with Gasteiger partial charge in [0.2, 0.25) is 5.91 Å². The number of nitrogens with zero attached hydrogens (tertiary/aromatic N) is 1. The van der Waals surface area contributed by atoms with Crippen LogP contribution in [0.2, 0.25) is 0 Å². The van der Waals surface area contributed by atoms with E-state index in [1.807, 2.05) is 72.8 Å². The average molecular weight is 356 g/mol. The smallest absolute Gasteiger partial charge is 0.255 e. The molecule has 1 N–H and O–H groups in total. The van der Waals surface area contributed by atoms with Crippen LogP contribution in [-0.4, -0.2) is 18.4 Å². The number of nitrogens with one attached hydrogen (secondary N) is 1. The molecule has 0 bridgehead atoms. The van der Waals surface area contributed by atoms with Gasteiger partial charge in [0.25, 0.3) is 5.91 Å². The van der Waals surface area contributed by atoms with Gasteiger partial charge in [-0.1, -0.05) is 42.5 Å². The van der Waals surface area contributed by atoms with Crippen molar-refractivity contribution in [3.05, 3.63) is 83.9 Å². The molecule has 0 aromatic heterocycles. The first-order chi connectivity index (χ1) is 13.1. The minimum atomic E-state index is -0.143. The zero-order chi connectivity index (χ0) is 18.8. The average Bonchev–Trinajstić information content (AvgIpc) is 3.12. The highest BCUT2D eigenvalue weighted by Gasteiger charge is 2.22. The molecule has 0 radical (unpaired) electrons. The van der Waals surface area contributed by atoms with Crippen molar-refractivity contribution in [2.45, 2.75) is 13.3 Å². The minimum absolute atomic E-state index is 0.0454. The lowest BCUT2D eigenvalue weighted by atomic mass is 10.0. The van der Waals surface area contributed by atoms with Gasteiger partial charge in [-0.2, -0.15) is 0 Å². The summed E-state index contributed by atoms with van der Waals surface area (Å²) >= 11 is 0. The maximum atomic E-state index is 12.6. The van der Waals surface area contributed by atoms with Crippen LogP contribution in [0.15, 0.2) is 72.8 Å². The van der Waals surface area contributed by atoms with Crippen LogP contribution < -0.4 is 10.2 Å². The molecule has 1 heterocycles. The monoisotopic (exact) mass is 356 g/mol. The predicted molar refractivity (Wildman–Crippen MR) is 108 cm³/mol. The Kier molecular flexibility index (Phi) is 4.47. The molecule has 4 nitrogen and oxygen atoms in total. The van der Waals surface area contributed by atoms with Crippen LogP contribution >= 0.6 is 0 Å². The third-order valence-corrected chi connectivity index (χ3v) is 4.87. The van der Waals surface area contributed by atoms with Crippen molar-refractivity contribution in [1.82, 2.24) is 0 Å². The molecule has 4 rings (SSSR count). The van der Waals surface area contributed by atoms with Gasteiger partial charge < -0.3 is 10.2 Å². The van der Waals surface area contributed by atoms with E-state index in [1.54, 1.807) is 11.8 Å². The predicted octanol–water partition coefficient (Wildman–Crippen LogP) is 4.51. The first kappa shape index (κ1) is 17.0. The topological polar surface area (TPSA) is 49.4 Å². The molecule has 1 aliphatic rings. The molecular weight excluding hydrogens is 336 g/mol. The highest BCUT2D eigenvalue weighted by molar-refractivity contribution is 6.05. The van der Waals surface area contributed by atoms with Gasteiger partial charge in [-0.15, -0.1) is 0 Å². The van der Waals surface area contributed by atoms with Gasteiger partial charge in [0.15, 0.2) is 0 Å². The summed E-state index contributed by atoms with van der Waals surface area (Å²) in [4.78, 5) is 26.0. The highest BCUT2D eigenvalue weighted by atomic mass is 16.2. The number of carbonyl (C=O) groups excluding carboxylic acids is 2. The van der Waals surface area contributed by atoms with Crippen LogP contribution in [0, 0.1) is 0 Å². The van der Waals surface area contributed by atoms with Gasteiger partial charge >= 0.3 is 0 Å². The molecule has 1 aliphatic heterocycles. The molecule has 0 aliphatic carbocycles. The Bertz CT molecular complexity index is 995. The normalized spacial score (nSPS) is 12.6. The molecule has 27 heavy (non-hydrogen) atoms. The Hall–Kier alpha value is -3.40. The maximum Gasteiger partial charge on any atom is 0.255 e. The van der Waals surface area contributed by atoms with Crippen LogP contribution in [-0.2, 0) is 11.2 Å². The molecule has 3 aromatic carbocycles. The fourth-order valence-corrected chi connectivity index (χ4v) is 3.45. The first-order valence-corrected chi connectivity index (χ1v) is 9.00. The van der Waals surface area contributed by atoms with Gasteiger partial charge in [-0.3, -0.25) is 9.59 Å². The molecule has 3 aromatic rings. The Labute approximate surface area is 158 Å². The van der Waals surface area contributed by atoms with Gasteiger partial charge in [0, 0.05) is 30.4 Å². The van der Waals surface area contributed by atoms with Crippen molar-refractivity contribution in [2.75, 3.05) is 16.8 Å². The third-order valence-electron chi connectivity index (χ3n) is 4.87. The Morgan fingerprint density at radius 3 is 2.30 bits per heavy atom. The fraction of sp³-hybridized carbons (Fsp3) is 0.130. The van der Waals surface area contributed by atoms with Crippen LogP contribution in [0.25, 0.3) is 11.1 Å². The molecular formula is C23H20N2O2. The second-order valence-electron chi connectivity index (χ2n) is 6.66. The van der Waals surface area contributed by atoms with Gasteiger partial charge in [0.1, 0.15) is 0 Å². The standard InChI is InChI=1S/C23H20N2O2/c1-16(26)25-14-13-20-15-21(11-12-22(20)25)24-23(27)19-9-7-18(8-10-19)17-5-3-2-4-6-17/h2-12,15H,13-14H2,1H3,(H,24,27). The van der Waals surface area contributed by atoms with E-state index in [0.29, 0.717) is 12.1 Å². The molecule has 0 saturated carbocycles. The molecule has 0 unspecified atom stereocenters. The second-order valence-corrected chi connectivity index (χ2v) is 6.66. The lowest BCUT2D eigenvalue weighted by molar-refractivity contribution is -0.116. The van der Waals surface area contributed by atoms with Gasteiger partial charge in [-0.25, -0.2) is 0 Å². The summed E-state index contributed by atoms with van der Waals surface area (Å²) in [7, 11) is 0. The molecule has 0 fully saturated rings. The van der Waals surface area contributed by atoms with E-state index in [-0.39, 0.29) is 11.8 Å². The Morgan fingerprint density at radius 2 is 1.59 bits per heavy atom. The summed E-state index contributed by atoms with van der Waals surface area (Å²) in [6.07, 6.45) is 0.810. The zero-order valence-corrected chi connectivity index (χ0v) is 15.1. The minimum Gasteiger partial charge on any atom is -0.322 e. The molecule has 0 spiro atoms. The summed E-state index contributed by atoms with van der Waals surface area (Å²) in [5.41, 5.74) is 5.58. The van der Waals surface area contributed by atoms with E-state index in [2.05, 4.69) is 5.32 Å². The summed E-state index contributed by atoms with van der Waals surface area (Å²) in [5.74, 6) is -0.0972. The maximum absolute atomic E-state index is 12.6. The number of benzene rings is 3. The molecule has 134 valence electrons. The number of anilines is 2. The van der Waals surface area contributed by atoms with Crippen molar-refractivity contribution in [3.63, 3.8) is 0 Å². The van der Waals surface area contributed by atoms with Crippen molar-refractivity contribution in [1.29, 1.82) is 0 Å². The number of amides is 2. The van der Waals surface area contributed by atoms with Crippen molar-refractivity contribution in [2.24, 2.45) is 0 Å². The summed E-state index contributed by atoms with van der Waals surface area (Å²) in [6.45, 7) is 2.27.